The summed E-state index contributed by atoms with van der Waals surface area (Å²) in [4.78, 5) is 25.2. The number of benzene rings is 2. The third-order valence-corrected chi connectivity index (χ3v) is 4.54. The Morgan fingerprint density at radius 1 is 0.867 bits per heavy atom. The van der Waals surface area contributed by atoms with E-state index < -0.39 is 0 Å². The van der Waals surface area contributed by atoms with Gasteiger partial charge in [0.15, 0.2) is 0 Å². The first kappa shape index (κ1) is 23.5. The molecule has 0 heterocycles. The summed E-state index contributed by atoms with van der Waals surface area (Å²) in [6.07, 6.45) is 5.96. The molecule has 162 valence electrons. The van der Waals surface area contributed by atoms with Crippen LogP contribution in [0.25, 0.3) is 0 Å². The summed E-state index contributed by atoms with van der Waals surface area (Å²) in [7, 11) is 0. The number of anilines is 1. The minimum Gasteiger partial charge on any atom is -0.494 e. The van der Waals surface area contributed by atoms with E-state index in [-0.39, 0.29) is 17.4 Å². The van der Waals surface area contributed by atoms with Crippen LogP contribution in [0.5, 0.6) is 5.75 Å². The van der Waals surface area contributed by atoms with Crippen molar-refractivity contribution in [2.75, 3.05) is 11.9 Å². The highest BCUT2D eigenvalue weighted by molar-refractivity contribution is 6.09. The van der Waals surface area contributed by atoms with Crippen molar-refractivity contribution in [1.29, 1.82) is 0 Å². The number of carbonyl (C=O) groups excluding carboxylic acids is 2. The molecule has 2 aromatic rings. The maximum atomic E-state index is 12.7. The molecule has 0 spiro atoms. The van der Waals surface area contributed by atoms with E-state index in [4.69, 9.17) is 4.74 Å². The predicted molar refractivity (Wildman–Crippen MR) is 122 cm³/mol. The van der Waals surface area contributed by atoms with Crippen LogP contribution in [0.2, 0.25) is 0 Å². The first-order chi connectivity index (χ1) is 14.3. The molecule has 0 aliphatic carbocycles. The smallest absolute Gasteiger partial charge is 0.255 e. The zero-order valence-electron chi connectivity index (χ0n) is 18.6. The van der Waals surface area contributed by atoms with Gasteiger partial charge in [0.25, 0.3) is 11.8 Å². The second-order valence-electron chi connectivity index (χ2n) is 8.49. The Hall–Kier alpha value is -2.82. The van der Waals surface area contributed by atoms with Gasteiger partial charge in [0.2, 0.25) is 0 Å². The van der Waals surface area contributed by atoms with Crippen LogP contribution in [0, 0.1) is 0 Å². The van der Waals surface area contributed by atoms with Gasteiger partial charge in [-0.1, -0.05) is 44.7 Å². The van der Waals surface area contributed by atoms with Gasteiger partial charge in [-0.2, -0.15) is 0 Å². The summed E-state index contributed by atoms with van der Waals surface area (Å²) in [6, 6.07) is 14.1. The van der Waals surface area contributed by atoms with Crippen LogP contribution in [0.4, 0.5) is 5.69 Å². The summed E-state index contributed by atoms with van der Waals surface area (Å²) in [5.41, 5.74) is 1.07. The van der Waals surface area contributed by atoms with Gasteiger partial charge in [0.1, 0.15) is 5.75 Å². The average Bonchev–Trinajstić information content (AvgIpc) is 2.70. The lowest BCUT2D eigenvalue weighted by molar-refractivity contribution is 0.0920. The van der Waals surface area contributed by atoms with Crippen LogP contribution in [-0.4, -0.2) is 24.0 Å². The molecule has 30 heavy (non-hydrogen) atoms. The van der Waals surface area contributed by atoms with Crippen LogP contribution in [0.1, 0.15) is 80.5 Å². The van der Waals surface area contributed by atoms with E-state index >= 15 is 0 Å². The van der Waals surface area contributed by atoms with Gasteiger partial charge < -0.3 is 15.4 Å². The highest BCUT2D eigenvalue weighted by Crippen LogP contribution is 2.19. The zero-order valence-corrected chi connectivity index (χ0v) is 18.6. The molecule has 5 heteroatoms. The number of amides is 2. The van der Waals surface area contributed by atoms with E-state index in [0.29, 0.717) is 23.4 Å². The van der Waals surface area contributed by atoms with E-state index in [2.05, 4.69) is 17.6 Å². The van der Waals surface area contributed by atoms with Gasteiger partial charge in [-0.05, 0) is 63.6 Å². The number of rotatable bonds is 10. The summed E-state index contributed by atoms with van der Waals surface area (Å²) in [5, 5.41) is 5.77. The lowest BCUT2D eigenvalue weighted by atomic mass is 10.1. The topological polar surface area (TPSA) is 67.4 Å². The summed E-state index contributed by atoms with van der Waals surface area (Å²) in [5.74, 6) is 0.269. The molecule has 2 aromatic carbocycles. The van der Waals surface area contributed by atoms with Crippen molar-refractivity contribution in [3.8, 4) is 5.75 Å². The first-order valence-corrected chi connectivity index (χ1v) is 10.8. The van der Waals surface area contributed by atoms with Gasteiger partial charge in [-0.3, -0.25) is 9.59 Å². The van der Waals surface area contributed by atoms with E-state index in [1.807, 2.05) is 20.8 Å². The maximum absolute atomic E-state index is 12.7. The number of nitrogens with one attached hydrogen (secondary N) is 2. The van der Waals surface area contributed by atoms with Gasteiger partial charge >= 0.3 is 0 Å². The molecule has 0 saturated carbocycles. The van der Waals surface area contributed by atoms with E-state index in [0.717, 1.165) is 12.2 Å². The van der Waals surface area contributed by atoms with E-state index in [1.54, 1.807) is 48.5 Å². The minimum atomic E-state index is -0.361. The highest BCUT2D eigenvalue weighted by Gasteiger charge is 2.19. The standard InChI is InChI=1S/C25H34N2O3/c1-5-6-7-8-11-18-30-20-16-14-19(15-17-20)23(28)26-22-13-10-9-12-21(22)24(29)27-25(2,3)4/h9-10,12-17H,5-8,11,18H2,1-4H3,(H,26,28)(H,27,29). The molecule has 0 radical (unpaired) electrons. The Morgan fingerprint density at radius 2 is 1.53 bits per heavy atom. The van der Waals surface area contributed by atoms with Crippen molar-refractivity contribution in [2.24, 2.45) is 0 Å². The van der Waals surface area contributed by atoms with Crippen LogP contribution >= 0.6 is 0 Å². The summed E-state index contributed by atoms with van der Waals surface area (Å²) in [6.45, 7) is 8.64. The first-order valence-electron chi connectivity index (χ1n) is 10.8. The van der Waals surface area contributed by atoms with Crippen molar-refractivity contribution >= 4 is 17.5 Å². The molecule has 2 rings (SSSR count). The summed E-state index contributed by atoms with van der Waals surface area (Å²) >= 11 is 0. The number of para-hydroxylation sites is 1. The molecule has 0 aliphatic rings. The van der Waals surface area contributed by atoms with Gasteiger partial charge in [-0.25, -0.2) is 0 Å². The van der Waals surface area contributed by atoms with Crippen molar-refractivity contribution in [3.05, 3.63) is 59.7 Å². The maximum Gasteiger partial charge on any atom is 0.255 e. The van der Waals surface area contributed by atoms with Crippen LogP contribution < -0.4 is 15.4 Å². The number of hydrogen-bond acceptors (Lipinski definition) is 3. The Bertz CT molecular complexity index is 823. The second-order valence-corrected chi connectivity index (χ2v) is 8.49. The quantitative estimate of drug-likeness (QED) is 0.485. The Morgan fingerprint density at radius 3 is 2.20 bits per heavy atom. The van der Waals surface area contributed by atoms with Crippen molar-refractivity contribution < 1.29 is 14.3 Å². The number of unbranched alkanes of at least 4 members (excludes halogenated alkanes) is 4. The fourth-order valence-electron chi connectivity index (χ4n) is 2.99. The number of hydrogen-bond donors (Lipinski definition) is 2. The predicted octanol–water partition coefficient (Wildman–Crippen LogP) is 5.82. The second kappa shape index (κ2) is 11.4. The largest absolute Gasteiger partial charge is 0.494 e. The lowest BCUT2D eigenvalue weighted by Crippen LogP contribution is -2.40. The molecule has 0 atom stereocenters. The Balaban J connectivity index is 1.94. The number of carbonyl (C=O) groups is 2. The van der Waals surface area contributed by atoms with Crippen molar-refractivity contribution in [3.63, 3.8) is 0 Å². The molecule has 5 nitrogen and oxygen atoms in total. The molecule has 2 N–H and O–H groups in total. The average molecular weight is 411 g/mol. The number of ether oxygens (including phenoxy) is 1. The van der Waals surface area contributed by atoms with Crippen LogP contribution in [0.3, 0.4) is 0 Å². The Labute approximate surface area is 180 Å². The molecule has 0 fully saturated rings. The third-order valence-electron chi connectivity index (χ3n) is 4.54. The van der Waals surface area contributed by atoms with Gasteiger partial charge in [0, 0.05) is 11.1 Å². The van der Waals surface area contributed by atoms with Crippen LogP contribution in [0.15, 0.2) is 48.5 Å². The molecule has 0 aliphatic heterocycles. The third kappa shape index (κ3) is 7.90. The van der Waals surface area contributed by atoms with Crippen molar-refractivity contribution in [2.45, 2.75) is 65.3 Å². The zero-order chi connectivity index (χ0) is 22.0. The van der Waals surface area contributed by atoms with Crippen molar-refractivity contribution in [1.82, 2.24) is 5.32 Å². The highest BCUT2D eigenvalue weighted by atomic mass is 16.5. The van der Waals surface area contributed by atoms with Gasteiger partial charge in [-0.15, -0.1) is 0 Å². The molecule has 0 saturated heterocycles. The SMILES string of the molecule is CCCCCCCOc1ccc(C(=O)Nc2ccccc2C(=O)NC(C)(C)C)cc1. The molecule has 0 bridgehead atoms. The normalized spacial score (nSPS) is 11.1. The lowest BCUT2D eigenvalue weighted by Gasteiger charge is -2.21. The van der Waals surface area contributed by atoms with Crippen LogP contribution in [-0.2, 0) is 0 Å². The molecule has 2 amide bonds. The van der Waals surface area contributed by atoms with Gasteiger partial charge in [0.05, 0.1) is 17.9 Å². The fraction of sp³-hybridized carbons (Fsp3) is 0.440. The Kier molecular flexibility index (Phi) is 8.90. The monoisotopic (exact) mass is 410 g/mol. The molecular formula is C25H34N2O3. The fourth-order valence-corrected chi connectivity index (χ4v) is 2.99. The van der Waals surface area contributed by atoms with E-state index in [1.165, 1.54) is 25.7 Å². The van der Waals surface area contributed by atoms with E-state index in [9.17, 15) is 9.59 Å². The molecule has 0 aromatic heterocycles. The minimum absolute atomic E-state index is 0.221. The molecule has 0 unspecified atom stereocenters. The molecular weight excluding hydrogens is 376 g/mol. The summed E-state index contributed by atoms with van der Waals surface area (Å²) < 4.78 is 5.75.